The van der Waals surface area contributed by atoms with E-state index in [1.54, 1.807) is 18.2 Å². The Balaban J connectivity index is 2.10. The number of benzene rings is 2. The second kappa shape index (κ2) is 5.87. The maximum atomic E-state index is 13.3. The molecule has 0 saturated carbocycles. The van der Waals surface area contributed by atoms with Crippen molar-refractivity contribution in [2.24, 2.45) is 0 Å². The molecular formula is C15H12F3NO2. The van der Waals surface area contributed by atoms with Crippen LogP contribution in [-0.4, -0.2) is 5.97 Å². The van der Waals surface area contributed by atoms with Gasteiger partial charge in [0.25, 0.3) is 5.92 Å². The molecule has 2 aromatic carbocycles. The molecule has 2 rings (SSSR count). The van der Waals surface area contributed by atoms with Crippen molar-refractivity contribution in [2.75, 3.05) is 5.48 Å². The summed E-state index contributed by atoms with van der Waals surface area (Å²) in [7, 11) is 0. The highest BCUT2D eigenvalue weighted by Gasteiger charge is 2.25. The van der Waals surface area contributed by atoms with Crippen molar-refractivity contribution in [3.63, 3.8) is 0 Å². The van der Waals surface area contributed by atoms with Gasteiger partial charge in [0, 0.05) is 18.6 Å². The van der Waals surface area contributed by atoms with Gasteiger partial charge in [-0.3, -0.25) is 0 Å². The first-order chi connectivity index (χ1) is 9.86. The first-order valence-electron chi connectivity index (χ1n) is 6.07. The molecule has 0 aliphatic carbocycles. The molecule has 6 heteroatoms. The Morgan fingerprint density at radius 2 is 1.81 bits per heavy atom. The smallest absolute Gasteiger partial charge is 0.338 e. The lowest BCUT2D eigenvalue weighted by Crippen LogP contribution is -2.12. The Morgan fingerprint density at radius 3 is 2.43 bits per heavy atom. The summed E-state index contributed by atoms with van der Waals surface area (Å²) in [6.07, 6.45) is 0. The van der Waals surface area contributed by atoms with Crippen molar-refractivity contribution in [1.29, 1.82) is 0 Å². The molecule has 0 fully saturated rings. The molecule has 0 aliphatic rings. The first kappa shape index (κ1) is 14.9. The zero-order chi connectivity index (χ0) is 15.5. The number of halogens is 3. The molecule has 0 bridgehead atoms. The molecule has 110 valence electrons. The highest BCUT2D eigenvalue weighted by Crippen LogP contribution is 2.29. The van der Waals surface area contributed by atoms with E-state index in [4.69, 9.17) is 4.84 Å². The Hall–Kier alpha value is -2.50. The minimum atomic E-state index is -3.19. The average Bonchev–Trinajstić information content (AvgIpc) is 2.44. The molecule has 0 aromatic heterocycles. The van der Waals surface area contributed by atoms with Gasteiger partial charge in [0.05, 0.1) is 11.3 Å². The van der Waals surface area contributed by atoms with Crippen LogP contribution in [-0.2, 0) is 10.8 Å². The molecule has 0 heterocycles. The number of carbonyl (C=O) groups excluding carboxylic acids is 1. The monoisotopic (exact) mass is 295 g/mol. The van der Waals surface area contributed by atoms with E-state index in [1.165, 1.54) is 12.1 Å². The number of nitrogens with one attached hydrogen (secondary N) is 1. The third-order valence-corrected chi connectivity index (χ3v) is 2.68. The standard InChI is InChI=1S/C15H12F3NO2/c1-15(17,18)11-7-12(16)9-13(8-11)19-21-14(20)10-5-3-2-4-6-10/h2-9,19H,1H3. The lowest BCUT2D eigenvalue weighted by molar-refractivity contribution is 0.0172. The van der Waals surface area contributed by atoms with Gasteiger partial charge >= 0.3 is 5.97 Å². The molecular weight excluding hydrogens is 283 g/mol. The molecule has 0 spiro atoms. The number of hydrogen-bond acceptors (Lipinski definition) is 3. The zero-order valence-electron chi connectivity index (χ0n) is 11.1. The van der Waals surface area contributed by atoms with Gasteiger partial charge in [-0.15, -0.1) is 0 Å². The van der Waals surface area contributed by atoms with Gasteiger partial charge in [0.2, 0.25) is 0 Å². The number of hydrogen-bond donors (Lipinski definition) is 1. The maximum absolute atomic E-state index is 13.3. The van der Waals surface area contributed by atoms with Crippen molar-refractivity contribution in [2.45, 2.75) is 12.8 Å². The summed E-state index contributed by atoms with van der Waals surface area (Å²) < 4.78 is 39.6. The number of alkyl halides is 2. The number of rotatable bonds is 4. The number of anilines is 1. The molecule has 21 heavy (non-hydrogen) atoms. The Morgan fingerprint density at radius 1 is 1.14 bits per heavy atom. The van der Waals surface area contributed by atoms with E-state index in [1.807, 2.05) is 0 Å². The minimum Gasteiger partial charge on any atom is -0.338 e. The van der Waals surface area contributed by atoms with E-state index < -0.39 is 23.3 Å². The SMILES string of the molecule is CC(F)(F)c1cc(F)cc(NOC(=O)c2ccccc2)c1. The fourth-order valence-electron chi connectivity index (χ4n) is 1.64. The second-order valence-corrected chi connectivity index (χ2v) is 4.47. The predicted molar refractivity (Wildman–Crippen MR) is 71.4 cm³/mol. The van der Waals surface area contributed by atoms with Crippen molar-refractivity contribution in [3.8, 4) is 0 Å². The van der Waals surface area contributed by atoms with Crippen molar-refractivity contribution < 1.29 is 22.8 Å². The molecule has 3 nitrogen and oxygen atoms in total. The molecule has 2 aromatic rings. The van der Waals surface area contributed by atoms with Gasteiger partial charge in [-0.2, -0.15) is 0 Å². The lowest BCUT2D eigenvalue weighted by Gasteiger charge is -2.13. The van der Waals surface area contributed by atoms with Crippen LogP contribution in [0.15, 0.2) is 48.5 Å². The minimum absolute atomic E-state index is 0.0733. The lowest BCUT2D eigenvalue weighted by atomic mass is 10.1. The van der Waals surface area contributed by atoms with E-state index in [2.05, 4.69) is 5.48 Å². The molecule has 1 N–H and O–H groups in total. The average molecular weight is 295 g/mol. The second-order valence-electron chi connectivity index (χ2n) is 4.47. The van der Waals surface area contributed by atoms with Crippen LogP contribution in [0.25, 0.3) is 0 Å². The fourth-order valence-corrected chi connectivity index (χ4v) is 1.64. The Kier molecular flexibility index (Phi) is 4.16. The van der Waals surface area contributed by atoms with Gasteiger partial charge in [0.15, 0.2) is 0 Å². The van der Waals surface area contributed by atoms with Crippen molar-refractivity contribution in [3.05, 3.63) is 65.5 Å². The highest BCUT2D eigenvalue weighted by molar-refractivity contribution is 5.89. The quantitative estimate of drug-likeness (QED) is 0.862. The summed E-state index contributed by atoms with van der Waals surface area (Å²) in [6.45, 7) is 0.654. The van der Waals surface area contributed by atoms with Crippen LogP contribution >= 0.6 is 0 Å². The highest BCUT2D eigenvalue weighted by atomic mass is 19.3. The van der Waals surface area contributed by atoms with Crippen LogP contribution < -0.4 is 5.48 Å². The zero-order valence-corrected chi connectivity index (χ0v) is 11.1. The first-order valence-corrected chi connectivity index (χ1v) is 6.07. The summed E-state index contributed by atoms with van der Waals surface area (Å²) in [5, 5.41) is 0. The molecule has 0 atom stereocenters. The van der Waals surface area contributed by atoms with Gasteiger partial charge in [-0.05, 0) is 24.3 Å². The summed E-state index contributed by atoms with van der Waals surface area (Å²) >= 11 is 0. The van der Waals surface area contributed by atoms with Gasteiger partial charge < -0.3 is 4.84 Å². The molecule has 0 aliphatic heterocycles. The van der Waals surface area contributed by atoms with Gasteiger partial charge in [-0.25, -0.2) is 23.4 Å². The number of carbonyl (C=O) groups is 1. The molecule has 0 amide bonds. The van der Waals surface area contributed by atoms with Crippen molar-refractivity contribution in [1.82, 2.24) is 0 Å². The maximum Gasteiger partial charge on any atom is 0.362 e. The van der Waals surface area contributed by atoms with Crippen LogP contribution in [0.4, 0.5) is 18.9 Å². The third-order valence-electron chi connectivity index (χ3n) is 2.68. The molecule has 0 radical (unpaired) electrons. The van der Waals surface area contributed by atoms with E-state index in [-0.39, 0.29) is 11.3 Å². The van der Waals surface area contributed by atoms with Crippen LogP contribution in [0.5, 0.6) is 0 Å². The van der Waals surface area contributed by atoms with Crippen LogP contribution in [0.2, 0.25) is 0 Å². The van der Waals surface area contributed by atoms with E-state index in [9.17, 15) is 18.0 Å². The van der Waals surface area contributed by atoms with Crippen LogP contribution in [0.1, 0.15) is 22.8 Å². The van der Waals surface area contributed by atoms with E-state index in [0.29, 0.717) is 6.92 Å². The topological polar surface area (TPSA) is 38.3 Å². The third kappa shape index (κ3) is 3.98. The fraction of sp³-hybridized carbons (Fsp3) is 0.133. The van der Waals surface area contributed by atoms with Crippen LogP contribution in [0, 0.1) is 5.82 Å². The normalized spacial score (nSPS) is 11.0. The Labute approximate surface area is 119 Å². The largest absolute Gasteiger partial charge is 0.362 e. The van der Waals surface area contributed by atoms with Crippen LogP contribution in [0.3, 0.4) is 0 Å². The predicted octanol–water partition coefficient (Wildman–Crippen LogP) is 4.12. The summed E-state index contributed by atoms with van der Waals surface area (Å²) in [4.78, 5) is 16.4. The van der Waals surface area contributed by atoms with Gasteiger partial charge in [0.1, 0.15) is 5.82 Å². The van der Waals surface area contributed by atoms with E-state index in [0.717, 1.165) is 18.2 Å². The summed E-state index contributed by atoms with van der Waals surface area (Å²) in [5.74, 6) is -4.75. The Bertz CT molecular complexity index is 639. The van der Waals surface area contributed by atoms with Gasteiger partial charge in [-0.1, -0.05) is 18.2 Å². The molecule has 0 unspecified atom stereocenters. The molecule has 0 saturated heterocycles. The summed E-state index contributed by atoms with van der Waals surface area (Å²) in [6, 6.07) is 10.8. The van der Waals surface area contributed by atoms with E-state index >= 15 is 0 Å². The summed E-state index contributed by atoms with van der Waals surface area (Å²) in [5.41, 5.74) is 1.87. The van der Waals surface area contributed by atoms with Crippen molar-refractivity contribution >= 4 is 11.7 Å².